The zero-order valence-corrected chi connectivity index (χ0v) is 4.06. The molecule has 0 spiro atoms. The average Bonchev–Trinajstić information content (AvgIpc) is 1.36. The fourth-order valence-electron chi connectivity index (χ4n) is 0. The third kappa shape index (κ3) is 5.10. The number of carboxylic acid groups (broad SMARTS) is 1. The SMILES string of the molecule is CC(=N)C(=O)O.N. The molecule has 0 aliphatic heterocycles. The van der Waals surface area contributed by atoms with Crippen LogP contribution in [0.5, 0.6) is 0 Å². The summed E-state index contributed by atoms with van der Waals surface area (Å²) in [5.41, 5.74) is -0.324. The maximum absolute atomic E-state index is 9.47. The van der Waals surface area contributed by atoms with Crippen LogP contribution in [0.2, 0.25) is 0 Å². The van der Waals surface area contributed by atoms with Gasteiger partial charge in [-0.25, -0.2) is 4.79 Å². The normalized spacial score (nSPS) is 6.43. The summed E-state index contributed by atoms with van der Waals surface area (Å²) in [6.07, 6.45) is 0. The Balaban J connectivity index is 0. The third-order valence-corrected chi connectivity index (χ3v) is 0.321. The Kier molecular flexibility index (Phi) is 4.44. The van der Waals surface area contributed by atoms with Gasteiger partial charge in [-0.3, -0.25) is 5.41 Å². The van der Waals surface area contributed by atoms with E-state index in [-0.39, 0.29) is 11.9 Å². The second kappa shape index (κ2) is 3.30. The van der Waals surface area contributed by atoms with Crippen molar-refractivity contribution in [3.8, 4) is 0 Å². The van der Waals surface area contributed by atoms with Crippen molar-refractivity contribution in [1.29, 1.82) is 5.41 Å². The number of carboxylic acids is 1. The monoisotopic (exact) mass is 104 g/mol. The van der Waals surface area contributed by atoms with Crippen LogP contribution in [0.1, 0.15) is 6.92 Å². The van der Waals surface area contributed by atoms with Crippen LogP contribution in [-0.2, 0) is 4.79 Å². The minimum atomic E-state index is -1.16. The second-order valence-corrected chi connectivity index (χ2v) is 0.930. The van der Waals surface area contributed by atoms with Gasteiger partial charge in [0, 0.05) is 0 Å². The van der Waals surface area contributed by atoms with E-state index in [2.05, 4.69) is 0 Å². The maximum Gasteiger partial charge on any atom is 0.349 e. The number of rotatable bonds is 1. The molecule has 0 aliphatic carbocycles. The van der Waals surface area contributed by atoms with Gasteiger partial charge in [0.2, 0.25) is 0 Å². The van der Waals surface area contributed by atoms with E-state index in [4.69, 9.17) is 10.5 Å². The van der Waals surface area contributed by atoms with E-state index in [0.29, 0.717) is 0 Å². The van der Waals surface area contributed by atoms with E-state index in [0.717, 1.165) is 0 Å². The van der Waals surface area contributed by atoms with Gasteiger partial charge in [-0.15, -0.1) is 0 Å². The molecule has 4 heteroatoms. The quantitative estimate of drug-likeness (QED) is 0.416. The summed E-state index contributed by atoms with van der Waals surface area (Å²) in [5, 5.41) is 14.1. The maximum atomic E-state index is 9.47. The van der Waals surface area contributed by atoms with Gasteiger partial charge in [0.05, 0.1) is 0 Å². The van der Waals surface area contributed by atoms with Gasteiger partial charge in [-0.2, -0.15) is 0 Å². The summed E-state index contributed by atoms with van der Waals surface area (Å²) in [4.78, 5) is 9.47. The van der Waals surface area contributed by atoms with Gasteiger partial charge in [0.1, 0.15) is 5.71 Å². The summed E-state index contributed by atoms with van der Waals surface area (Å²) in [7, 11) is 0. The molecule has 42 valence electrons. The second-order valence-electron chi connectivity index (χ2n) is 0.930. The van der Waals surface area contributed by atoms with Gasteiger partial charge in [-0.1, -0.05) is 0 Å². The molecule has 0 atom stereocenters. The average molecular weight is 104 g/mol. The lowest BCUT2D eigenvalue weighted by Crippen LogP contribution is -2.04. The van der Waals surface area contributed by atoms with E-state index in [1.54, 1.807) is 0 Å². The fourth-order valence-corrected chi connectivity index (χ4v) is 0. The van der Waals surface area contributed by atoms with Gasteiger partial charge in [-0.05, 0) is 6.92 Å². The number of hydrogen-bond acceptors (Lipinski definition) is 3. The Hall–Kier alpha value is -0.900. The number of hydrogen-bond donors (Lipinski definition) is 3. The topological polar surface area (TPSA) is 96.2 Å². The highest BCUT2D eigenvalue weighted by molar-refractivity contribution is 6.33. The van der Waals surface area contributed by atoms with Crippen LogP contribution in [0.4, 0.5) is 0 Å². The fraction of sp³-hybridized carbons (Fsp3) is 0.333. The first kappa shape index (κ1) is 9.44. The van der Waals surface area contributed by atoms with Crippen molar-refractivity contribution in [2.45, 2.75) is 6.92 Å². The molecule has 4 nitrogen and oxygen atoms in total. The van der Waals surface area contributed by atoms with E-state index < -0.39 is 5.97 Å². The van der Waals surface area contributed by atoms with Crippen LogP contribution in [0.25, 0.3) is 0 Å². The van der Waals surface area contributed by atoms with Gasteiger partial charge in [0.25, 0.3) is 0 Å². The molecule has 0 rings (SSSR count). The highest BCUT2D eigenvalue weighted by Crippen LogP contribution is 1.63. The summed E-state index contributed by atoms with van der Waals surface area (Å²) < 4.78 is 0. The van der Waals surface area contributed by atoms with Crippen LogP contribution in [-0.4, -0.2) is 16.8 Å². The van der Waals surface area contributed by atoms with Crippen molar-refractivity contribution in [2.24, 2.45) is 0 Å². The van der Waals surface area contributed by atoms with Gasteiger partial charge < -0.3 is 11.3 Å². The molecule has 0 aliphatic rings. The molecule has 0 aromatic heterocycles. The molecule has 0 radical (unpaired) electrons. The number of carbonyl (C=O) groups is 1. The Labute approximate surface area is 41.2 Å². The minimum absolute atomic E-state index is 0. The van der Waals surface area contributed by atoms with Crippen molar-refractivity contribution in [3.05, 3.63) is 0 Å². The first-order valence-corrected chi connectivity index (χ1v) is 1.43. The predicted molar refractivity (Wildman–Crippen MR) is 26.1 cm³/mol. The van der Waals surface area contributed by atoms with Crippen molar-refractivity contribution in [2.75, 3.05) is 0 Å². The Morgan fingerprint density at radius 1 is 1.71 bits per heavy atom. The standard InChI is InChI=1S/C3H5NO2.H3N/c1-2(4)3(5)6;/h4H,1H3,(H,5,6);1H3. The van der Waals surface area contributed by atoms with E-state index >= 15 is 0 Å². The molecule has 0 fully saturated rings. The lowest BCUT2D eigenvalue weighted by atomic mass is 10.5. The highest BCUT2D eigenvalue weighted by atomic mass is 16.4. The van der Waals surface area contributed by atoms with Crippen molar-refractivity contribution < 1.29 is 9.90 Å². The summed E-state index contributed by atoms with van der Waals surface area (Å²) in [5.74, 6) is -1.16. The Morgan fingerprint density at radius 3 is 1.86 bits per heavy atom. The smallest absolute Gasteiger partial charge is 0.349 e. The van der Waals surface area contributed by atoms with Crippen LogP contribution >= 0.6 is 0 Å². The molecular formula is C3H8N2O2. The summed E-state index contributed by atoms with van der Waals surface area (Å²) >= 11 is 0. The van der Waals surface area contributed by atoms with Crippen LogP contribution in [0.3, 0.4) is 0 Å². The van der Waals surface area contributed by atoms with Crippen molar-refractivity contribution >= 4 is 11.7 Å². The molecule has 0 saturated heterocycles. The summed E-state index contributed by atoms with van der Waals surface area (Å²) in [6, 6.07) is 0. The summed E-state index contributed by atoms with van der Waals surface area (Å²) in [6.45, 7) is 1.22. The zero-order valence-electron chi connectivity index (χ0n) is 4.06. The third-order valence-electron chi connectivity index (χ3n) is 0.321. The predicted octanol–water partition coefficient (Wildman–Crippen LogP) is 0.273. The molecule has 0 heterocycles. The minimum Gasteiger partial charge on any atom is -0.477 e. The number of nitrogens with one attached hydrogen (secondary N) is 1. The van der Waals surface area contributed by atoms with E-state index in [9.17, 15) is 4.79 Å². The van der Waals surface area contributed by atoms with Crippen molar-refractivity contribution in [3.63, 3.8) is 0 Å². The van der Waals surface area contributed by atoms with Gasteiger partial charge >= 0.3 is 5.97 Å². The van der Waals surface area contributed by atoms with Crippen LogP contribution < -0.4 is 6.15 Å². The first-order valence-electron chi connectivity index (χ1n) is 1.43. The van der Waals surface area contributed by atoms with Gasteiger partial charge in [0.15, 0.2) is 0 Å². The molecule has 0 unspecified atom stereocenters. The van der Waals surface area contributed by atoms with Crippen LogP contribution in [0.15, 0.2) is 0 Å². The molecule has 0 amide bonds. The zero-order chi connectivity index (χ0) is 5.15. The van der Waals surface area contributed by atoms with E-state index in [1.807, 2.05) is 0 Å². The number of aliphatic carboxylic acids is 1. The molecule has 0 saturated carbocycles. The largest absolute Gasteiger partial charge is 0.477 e. The molecular weight excluding hydrogens is 96.0 g/mol. The Bertz CT molecular complexity index is 76.9. The Morgan fingerprint density at radius 2 is 1.86 bits per heavy atom. The van der Waals surface area contributed by atoms with Crippen LogP contribution in [0, 0.1) is 5.41 Å². The molecule has 0 aromatic carbocycles. The lowest BCUT2D eigenvalue weighted by molar-refractivity contribution is -0.129. The molecule has 0 aromatic rings. The molecule has 7 heavy (non-hydrogen) atoms. The van der Waals surface area contributed by atoms with Crippen molar-refractivity contribution in [1.82, 2.24) is 6.15 Å². The lowest BCUT2D eigenvalue weighted by Gasteiger charge is -1.77. The van der Waals surface area contributed by atoms with E-state index in [1.165, 1.54) is 6.92 Å². The highest BCUT2D eigenvalue weighted by Gasteiger charge is 1.93. The molecule has 0 bridgehead atoms. The molecule has 5 N–H and O–H groups in total. The first-order chi connectivity index (χ1) is 2.64.